The fraction of sp³-hybridized carbons (Fsp3) is 1.00. The molecule has 1 nitrogen and oxygen atoms in total. The smallest absolute Gasteiger partial charge is 0.00746 e. The van der Waals surface area contributed by atoms with Gasteiger partial charge in [0.05, 0.1) is 0 Å². The molecule has 4 unspecified atom stereocenters. The van der Waals surface area contributed by atoms with Crippen molar-refractivity contribution in [2.24, 2.45) is 29.6 Å². The molecule has 15 heavy (non-hydrogen) atoms. The Bertz CT molecular complexity index is 178. The molecule has 0 amide bonds. The van der Waals surface area contributed by atoms with Crippen molar-refractivity contribution in [3.63, 3.8) is 0 Å². The third-order valence-corrected chi connectivity index (χ3v) is 4.43. The predicted molar refractivity (Wildman–Crippen MR) is 67.9 cm³/mol. The summed E-state index contributed by atoms with van der Waals surface area (Å²) in [5.41, 5.74) is 0. The lowest BCUT2D eigenvalue weighted by Gasteiger charge is -2.48. The molecule has 0 saturated carbocycles. The predicted octanol–water partition coefficient (Wildman–Crippen LogP) is 3.55. The summed E-state index contributed by atoms with van der Waals surface area (Å²) < 4.78 is 0. The maximum atomic E-state index is 3.77. The van der Waals surface area contributed by atoms with Crippen molar-refractivity contribution >= 4 is 0 Å². The zero-order valence-corrected chi connectivity index (χ0v) is 11.5. The maximum absolute atomic E-state index is 3.77. The molecule has 0 bridgehead atoms. The van der Waals surface area contributed by atoms with Gasteiger partial charge in [-0.2, -0.15) is 0 Å². The van der Waals surface area contributed by atoms with Gasteiger partial charge >= 0.3 is 0 Å². The van der Waals surface area contributed by atoms with Crippen molar-refractivity contribution in [2.45, 2.75) is 60.5 Å². The van der Waals surface area contributed by atoms with Crippen LogP contribution in [0.4, 0.5) is 0 Å². The lowest BCUT2D eigenvalue weighted by atomic mass is 9.65. The zero-order valence-electron chi connectivity index (χ0n) is 11.5. The highest BCUT2D eigenvalue weighted by Gasteiger charge is 2.40. The Morgan fingerprint density at radius 3 is 1.33 bits per heavy atom. The van der Waals surface area contributed by atoms with E-state index in [1.807, 2.05) is 0 Å². The van der Waals surface area contributed by atoms with Gasteiger partial charge in [0, 0.05) is 12.1 Å². The minimum absolute atomic E-state index is 0.671. The van der Waals surface area contributed by atoms with Gasteiger partial charge in [-0.25, -0.2) is 0 Å². The normalized spacial score (nSPS) is 42.6. The van der Waals surface area contributed by atoms with Crippen molar-refractivity contribution in [1.82, 2.24) is 5.32 Å². The second kappa shape index (κ2) is 4.86. The van der Waals surface area contributed by atoms with E-state index in [-0.39, 0.29) is 0 Å². The van der Waals surface area contributed by atoms with Crippen LogP contribution < -0.4 is 5.32 Å². The zero-order chi connectivity index (χ0) is 11.7. The fourth-order valence-corrected chi connectivity index (χ4v) is 4.17. The topological polar surface area (TPSA) is 12.0 Å². The van der Waals surface area contributed by atoms with Crippen molar-refractivity contribution in [2.75, 3.05) is 0 Å². The van der Waals surface area contributed by atoms with Crippen LogP contribution in [0.25, 0.3) is 0 Å². The lowest BCUT2D eigenvalue weighted by molar-refractivity contribution is 0.0455. The van der Waals surface area contributed by atoms with Gasteiger partial charge in [-0.05, 0) is 43.4 Å². The molecule has 0 aromatic carbocycles. The van der Waals surface area contributed by atoms with Crippen molar-refractivity contribution in [3.8, 4) is 0 Å². The lowest BCUT2D eigenvalue weighted by Crippen LogP contribution is -2.56. The number of hydrogen-bond acceptors (Lipinski definition) is 1. The van der Waals surface area contributed by atoms with E-state index >= 15 is 0 Å². The number of piperidine rings is 1. The first-order valence-corrected chi connectivity index (χ1v) is 6.62. The van der Waals surface area contributed by atoms with Gasteiger partial charge in [0.2, 0.25) is 0 Å². The van der Waals surface area contributed by atoms with E-state index < -0.39 is 0 Å². The third kappa shape index (κ3) is 2.55. The summed E-state index contributed by atoms with van der Waals surface area (Å²) in [5.74, 6) is 4.07. The van der Waals surface area contributed by atoms with Crippen LogP contribution in [0.2, 0.25) is 0 Å². The van der Waals surface area contributed by atoms with Crippen LogP contribution in [-0.4, -0.2) is 12.1 Å². The van der Waals surface area contributed by atoms with Crippen LogP contribution in [-0.2, 0) is 0 Å². The Balaban J connectivity index is 2.84. The maximum Gasteiger partial charge on any atom is 0.00746 e. The molecule has 1 N–H and O–H groups in total. The summed E-state index contributed by atoms with van der Waals surface area (Å²) in [4.78, 5) is 0. The van der Waals surface area contributed by atoms with Crippen LogP contribution in [0.3, 0.4) is 0 Å². The summed E-state index contributed by atoms with van der Waals surface area (Å²) >= 11 is 0. The van der Waals surface area contributed by atoms with E-state index in [1.165, 1.54) is 0 Å². The average Bonchev–Trinajstić information content (AvgIpc) is 1.99. The standard InChI is InChI=1S/C14H29N/c1-8(2)13-10(5)14(9(3)4)12(7)15-11(13)6/h8-15H,1-7H3. The Kier molecular flexibility index (Phi) is 4.22. The molecular formula is C14H29N. The van der Waals surface area contributed by atoms with Crippen LogP contribution in [0.15, 0.2) is 0 Å². The van der Waals surface area contributed by atoms with Gasteiger partial charge in [0.25, 0.3) is 0 Å². The first-order chi connectivity index (χ1) is 6.86. The summed E-state index contributed by atoms with van der Waals surface area (Å²) in [7, 11) is 0. The van der Waals surface area contributed by atoms with Crippen molar-refractivity contribution in [3.05, 3.63) is 0 Å². The number of hydrogen-bond donors (Lipinski definition) is 1. The van der Waals surface area contributed by atoms with Crippen molar-refractivity contribution in [1.29, 1.82) is 0 Å². The summed E-state index contributed by atoms with van der Waals surface area (Å²) in [6.45, 7) is 16.6. The Morgan fingerprint density at radius 2 is 1.07 bits per heavy atom. The van der Waals surface area contributed by atoms with Crippen LogP contribution in [0, 0.1) is 29.6 Å². The van der Waals surface area contributed by atoms with Gasteiger partial charge in [-0.1, -0.05) is 34.6 Å². The highest BCUT2D eigenvalue weighted by molar-refractivity contribution is 4.94. The molecule has 1 saturated heterocycles. The van der Waals surface area contributed by atoms with Crippen LogP contribution >= 0.6 is 0 Å². The molecule has 0 aromatic rings. The summed E-state index contributed by atoms with van der Waals surface area (Å²) in [5, 5.41) is 3.77. The Labute approximate surface area is 96.0 Å². The SMILES string of the molecule is CC(C)C1C(C)NC(C)C(C(C)C)C1C. The largest absolute Gasteiger partial charge is 0.311 e. The van der Waals surface area contributed by atoms with E-state index in [0.29, 0.717) is 12.1 Å². The average molecular weight is 211 g/mol. The van der Waals surface area contributed by atoms with E-state index in [4.69, 9.17) is 0 Å². The van der Waals surface area contributed by atoms with Gasteiger partial charge in [-0.15, -0.1) is 0 Å². The highest BCUT2D eigenvalue weighted by atomic mass is 15.0. The molecule has 0 radical (unpaired) electrons. The van der Waals surface area contributed by atoms with E-state index in [0.717, 1.165) is 29.6 Å². The quantitative estimate of drug-likeness (QED) is 0.736. The van der Waals surface area contributed by atoms with Gasteiger partial charge in [-0.3, -0.25) is 0 Å². The van der Waals surface area contributed by atoms with E-state index in [1.54, 1.807) is 0 Å². The minimum Gasteiger partial charge on any atom is -0.311 e. The summed E-state index contributed by atoms with van der Waals surface area (Å²) in [6.07, 6.45) is 0. The minimum atomic E-state index is 0.671. The molecule has 1 heterocycles. The molecular weight excluding hydrogens is 182 g/mol. The molecule has 1 rings (SSSR count). The molecule has 0 aromatic heterocycles. The molecule has 1 heteroatoms. The molecule has 1 aliphatic rings. The second-order valence-electron chi connectivity index (χ2n) is 6.25. The molecule has 4 atom stereocenters. The van der Waals surface area contributed by atoms with Gasteiger partial charge in [0.1, 0.15) is 0 Å². The molecule has 0 aliphatic carbocycles. The Morgan fingerprint density at radius 1 is 0.733 bits per heavy atom. The Hall–Kier alpha value is -0.0400. The molecule has 1 fully saturated rings. The molecule has 90 valence electrons. The van der Waals surface area contributed by atoms with Gasteiger partial charge < -0.3 is 5.32 Å². The number of nitrogens with one attached hydrogen (secondary N) is 1. The first kappa shape index (κ1) is 13.0. The van der Waals surface area contributed by atoms with Gasteiger partial charge in [0.15, 0.2) is 0 Å². The highest BCUT2D eigenvalue weighted by Crippen LogP contribution is 2.39. The van der Waals surface area contributed by atoms with Crippen molar-refractivity contribution < 1.29 is 0 Å². The second-order valence-corrected chi connectivity index (χ2v) is 6.25. The summed E-state index contributed by atoms with van der Waals surface area (Å²) in [6, 6.07) is 1.34. The third-order valence-electron chi connectivity index (χ3n) is 4.43. The monoisotopic (exact) mass is 211 g/mol. The first-order valence-electron chi connectivity index (χ1n) is 6.62. The fourth-order valence-electron chi connectivity index (χ4n) is 4.17. The van der Waals surface area contributed by atoms with E-state index in [9.17, 15) is 0 Å². The number of rotatable bonds is 2. The van der Waals surface area contributed by atoms with Crippen LogP contribution in [0.5, 0.6) is 0 Å². The van der Waals surface area contributed by atoms with Crippen LogP contribution in [0.1, 0.15) is 48.5 Å². The molecule has 0 spiro atoms. The molecule has 1 aliphatic heterocycles. The van der Waals surface area contributed by atoms with E-state index in [2.05, 4.69) is 53.8 Å².